The normalized spacial score (nSPS) is 16.1. The number of amides is 1. The molecule has 1 amide bonds. The van der Waals surface area contributed by atoms with Gasteiger partial charge in [-0.05, 0) is 54.3 Å². The molecule has 194 valence electrons. The number of pyridine rings is 1. The number of rotatable bonds is 8. The topological polar surface area (TPSA) is 96.0 Å². The van der Waals surface area contributed by atoms with Crippen molar-refractivity contribution in [1.82, 2.24) is 10.3 Å². The number of aromatic nitrogens is 1. The van der Waals surface area contributed by atoms with Gasteiger partial charge in [-0.2, -0.15) is 0 Å². The van der Waals surface area contributed by atoms with E-state index in [1.54, 1.807) is 6.20 Å². The van der Waals surface area contributed by atoms with Gasteiger partial charge in [0.2, 0.25) is 6.79 Å². The highest BCUT2D eigenvalue weighted by molar-refractivity contribution is 5.82. The number of carbonyl (C=O) groups is 2. The molecule has 5 rings (SSSR count). The van der Waals surface area contributed by atoms with E-state index >= 15 is 0 Å². The number of hydrogen-bond acceptors (Lipinski definition) is 7. The van der Waals surface area contributed by atoms with Crippen LogP contribution < -0.4 is 19.5 Å². The predicted molar refractivity (Wildman–Crippen MR) is 138 cm³/mol. The average Bonchev–Trinajstić information content (AvgIpc) is 3.25. The molecule has 0 spiro atoms. The van der Waals surface area contributed by atoms with Crippen LogP contribution in [0, 0.1) is 0 Å². The lowest BCUT2D eigenvalue weighted by atomic mass is 9.87. The molecule has 8 nitrogen and oxygen atoms in total. The minimum absolute atomic E-state index is 0.0501. The maximum Gasteiger partial charge on any atom is 0.306 e. The van der Waals surface area contributed by atoms with Gasteiger partial charge in [-0.3, -0.25) is 14.6 Å². The first-order valence-electron chi connectivity index (χ1n) is 12.9. The highest BCUT2D eigenvalue weighted by Gasteiger charge is 2.23. The molecule has 1 aliphatic carbocycles. The molecule has 1 atom stereocenters. The van der Waals surface area contributed by atoms with Gasteiger partial charge in [0.05, 0.1) is 25.2 Å². The van der Waals surface area contributed by atoms with E-state index in [2.05, 4.69) is 10.3 Å². The van der Waals surface area contributed by atoms with Gasteiger partial charge in [0, 0.05) is 17.3 Å². The van der Waals surface area contributed by atoms with E-state index in [-0.39, 0.29) is 43.7 Å². The Hall–Kier alpha value is -3.81. The first kappa shape index (κ1) is 24.9. The van der Waals surface area contributed by atoms with Crippen molar-refractivity contribution in [3.8, 4) is 17.2 Å². The Kier molecular flexibility index (Phi) is 7.73. The van der Waals surface area contributed by atoms with Crippen molar-refractivity contribution in [3.63, 3.8) is 0 Å². The number of fused-ring (bicyclic) bond motifs is 2. The molecule has 1 aliphatic heterocycles. The van der Waals surface area contributed by atoms with Gasteiger partial charge in [0.25, 0.3) is 5.91 Å². The first-order valence-corrected chi connectivity index (χ1v) is 12.9. The molecule has 3 aromatic rings. The standard InChI is InChI=1S/C29H32N2O6/c1-34-29(33)15-24(20-9-11-26-27(14-20)37-18-36-26)19-8-10-25-21(12-19)13-23(16-30-25)35-17-28(32)31-22-6-4-2-3-5-7-22/h8-14,16,22,24H,2-7,15,17-18H2,1H3,(H,31,32). The summed E-state index contributed by atoms with van der Waals surface area (Å²) in [6.45, 7) is 0.134. The maximum atomic E-state index is 12.5. The van der Waals surface area contributed by atoms with Crippen molar-refractivity contribution in [2.24, 2.45) is 0 Å². The maximum absolute atomic E-state index is 12.5. The van der Waals surface area contributed by atoms with Crippen LogP contribution in [0.5, 0.6) is 17.2 Å². The lowest BCUT2D eigenvalue weighted by Gasteiger charge is -2.18. The summed E-state index contributed by atoms with van der Waals surface area (Å²) in [7, 11) is 1.39. The summed E-state index contributed by atoms with van der Waals surface area (Å²) in [5.74, 6) is 1.20. The summed E-state index contributed by atoms with van der Waals surface area (Å²) in [5, 5.41) is 3.96. The molecule has 2 aromatic carbocycles. The second-order valence-electron chi connectivity index (χ2n) is 9.61. The number of nitrogens with zero attached hydrogens (tertiary/aromatic N) is 1. The van der Waals surface area contributed by atoms with Crippen molar-refractivity contribution in [1.29, 1.82) is 0 Å². The van der Waals surface area contributed by atoms with E-state index < -0.39 is 0 Å². The first-order chi connectivity index (χ1) is 18.1. The van der Waals surface area contributed by atoms with Crippen LogP contribution >= 0.6 is 0 Å². The Morgan fingerprint density at radius 2 is 1.76 bits per heavy atom. The van der Waals surface area contributed by atoms with E-state index in [9.17, 15) is 9.59 Å². The van der Waals surface area contributed by atoms with Crippen LogP contribution in [-0.4, -0.2) is 43.4 Å². The van der Waals surface area contributed by atoms with Crippen molar-refractivity contribution >= 4 is 22.8 Å². The quantitative estimate of drug-likeness (QED) is 0.345. The molecule has 37 heavy (non-hydrogen) atoms. The Bertz CT molecular complexity index is 1270. The molecule has 1 aromatic heterocycles. The molecule has 8 heteroatoms. The highest BCUT2D eigenvalue weighted by Crippen LogP contribution is 2.38. The van der Waals surface area contributed by atoms with Gasteiger partial charge >= 0.3 is 5.97 Å². The number of esters is 1. The van der Waals surface area contributed by atoms with Crippen molar-refractivity contribution < 1.29 is 28.5 Å². The summed E-state index contributed by atoms with van der Waals surface area (Å²) in [6.07, 6.45) is 8.66. The second-order valence-corrected chi connectivity index (χ2v) is 9.61. The van der Waals surface area contributed by atoms with Gasteiger partial charge in [0.15, 0.2) is 18.1 Å². The lowest BCUT2D eigenvalue weighted by molar-refractivity contribution is -0.140. The van der Waals surface area contributed by atoms with Crippen LogP contribution in [0.15, 0.2) is 48.7 Å². The molecule has 1 saturated carbocycles. The molecule has 1 unspecified atom stereocenters. The second kappa shape index (κ2) is 11.5. The van der Waals surface area contributed by atoms with Crippen molar-refractivity contribution in [2.45, 2.75) is 56.9 Å². The molecule has 0 bridgehead atoms. The third kappa shape index (κ3) is 6.13. The lowest BCUT2D eigenvalue weighted by Crippen LogP contribution is -2.37. The van der Waals surface area contributed by atoms with Gasteiger partial charge < -0.3 is 24.3 Å². The molecular formula is C29H32N2O6. The Balaban J connectivity index is 1.33. The zero-order valence-electron chi connectivity index (χ0n) is 21.0. The summed E-state index contributed by atoms with van der Waals surface area (Å²) >= 11 is 0. The summed E-state index contributed by atoms with van der Waals surface area (Å²) in [5.41, 5.74) is 2.65. The predicted octanol–water partition coefficient (Wildman–Crippen LogP) is 4.88. The number of hydrogen-bond donors (Lipinski definition) is 1. The number of benzene rings is 2. The van der Waals surface area contributed by atoms with E-state index in [1.807, 2.05) is 42.5 Å². The number of ether oxygens (including phenoxy) is 4. The third-order valence-electron chi connectivity index (χ3n) is 7.07. The fourth-order valence-electron chi connectivity index (χ4n) is 5.08. The molecule has 0 radical (unpaired) electrons. The van der Waals surface area contributed by atoms with Crippen LogP contribution in [0.25, 0.3) is 10.9 Å². The van der Waals surface area contributed by atoms with E-state index in [4.69, 9.17) is 18.9 Å². The fourth-order valence-corrected chi connectivity index (χ4v) is 5.08. The Morgan fingerprint density at radius 3 is 2.57 bits per heavy atom. The van der Waals surface area contributed by atoms with E-state index in [1.165, 1.54) is 20.0 Å². The van der Waals surface area contributed by atoms with Crippen molar-refractivity contribution in [3.05, 3.63) is 59.8 Å². The van der Waals surface area contributed by atoms with Gasteiger partial charge in [-0.1, -0.05) is 37.8 Å². The summed E-state index contributed by atoms with van der Waals surface area (Å²) in [4.78, 5) is 29.2. The van der Waals surface area contributed by atoms with Crippen LogP contribution in [0.1, 0.15) is 62.0 Å². The van der Waals surface area contributed by atoms with Crippen LogP contribution in [0.3, 0.4) is 0 Å². The summed E-state index contributed by atoms with van der Waals surface area (Å²) < 4.78 is 21.7. The molecule has 1 N–H and O–H groups in total. The Labute approximate surface area is 216 Å². The average molecular weight is 505 g/mol. The molecule has 2 heterocycles. The summed E-state index contributed by atoms with van der Waals surface area (Å²) in [6, 6.07) is 13.7. The minimum atomic E-state index is -0.308. The fraction of sp³-hybridized carbons (Fsp3) is 0.414. The minimum Gasteiger partial charge on any atom is -0.482 e. The van der Waals surface area contributed by atoms with Crippen LogP contribution in [0.4, 0.5) is 0 Å². The number of carbonyl (C=O) groups excluding carboxylic acids is 2. The third-order valence-corrected chi connectivity index (χ3v) is 7.07. The Morgan fingerprint density at radius 1 is 1.00 bits per heavy atom. The van der Waals surface area contributed by atoms with Gasteiger partial charge in [-0.25, -0.2) is 0 Å². The highest BCUT2D eigenvalue weighted by atomic mass is 16.7. The van der Waals surface area contributed by atoms with Crippen LogP contribution in [0.2, 0.25) is 0 Å². The smallest absolute Gasteiger partial charge is 0.306 e. The monoisotopic (exact) mass is 504 g/mol. The van der Waals surface area contributed by atoms with Gasteiger partial charge in [-0.15, -0.1) is 0 Å². The van der Waals surface area contributed by atoms with Crippen molar-refractivity contribution in [2.75, 3.05) is 20.5 Å². The zero-order valence-corrected chi connectivity index (χ0v) is 21.0. The zero-order chi connectivity index (χ0) is 25.6. The van der Waals surface area contributed by atoms with E-state index in [0.29, 0.717) is 17.2 Å². The number of methoxy groups -OCH3 is 1. The molecular weight excluding hydrogens is 472 g/mol. The van der Waals surface area contributed by atoms with E-state index in [0.717, 1.165) is 47.7 Å². The van der Waals surface area contributed by atoms with Gasteiger partial charge in [0.1, 0.15) is 5.75 Å². The van der Waals surface area contributed by atoms with Crippen LogP contribution in [-0.2, 0) is 14.3 Å². The SMILES string of the molecule is COC(=O)CC(c1ccc2c(c1)OCO2)c1ccc2ncc(OCC(=O)NC3CCCCCC3)cc2c1. The largest absolute Gasteiger partial charge is 0.482 e. The molecule has 2 aliphatic rings. The molecule has 1 fully saturated rings. The number of nitrogens with one attached hydrogen (secondary N) is 1. The molecule has 0 saturated heterocycles.